The second kappa shape index (κ2) is 4.29. The molecule has 0 unspecified atom stereocenters. The van der Waals surface area contributed by atoms with E-state index in [0.29, 0.717) is 28.3 Å². The molecule has 0 fully saturated rings. The fourth-order valence-electron chi connectivity index (χ4n) is 1.72. The lowest BCUT2D eigenvalue weighted by atomic mass is 10.0. The number of phenolic OH excluding ortho intramolecular Hbond substituents is 1. The number of ether oxygens (including phenoxy) is 1. The number of H-pyrrole nitrogens is 1. The van der Waals surface area contributed by atoms with Gasteiger partial charge in [0, 0.05) is 16.7 Å². The predicted molar refractivity (Wildman–Crippen MR) is 69.1 cm³/mol. The molecule has 0 atom stereocenters. The molecule has 1 aromatic heterocycles. The number of nitrogens with two attached hydrogens (primary N) is 1. The molecule has 2 rings (SSSR count). The number of hydrogen-bond donors (Lipinski definition) is 3. The minimum absolute atomic E-state index is 0.137. The summed E-state index contributed by atoms with van der Waals surface area (Å²) < 4.78 is 5.95. The Labute approximate surface area is 107 Å². The quantitative estimate of drug-likeness (QED) is 0.795. The van der Waals surface area contributed by atoms with Crippen molar-refractivity contribution in [2.45, 2.75) is 6.92 Å². The van der Waals surface area contributed by atoms with Crippen LogP contribution in [0.5, 0.6) is 11.5 Å². The van der Waals surface area contributed by atoms with Crippen molar-refractivity contribution >= 4 is 21.7 Å². The molecule has 17 heavy (non-hydrogen) atoms. The van der Waals surface area contributed by atoms with Crippen LogP contribution in [0.4, 0.5) is 5.82 Å². The first-order valence-corrected chi connectivity index (χ1v) is 5.70. The summed E-state index contributed by atoms with van der Waals surface area (Å²) in [6.45, 7) is 1.78. The fourth-order valence-corrected chi connectivity index (χ4v) is 2.40. The highest BCUT2D eigenvalue weighted by Crippen LogP contribution is 2.42. The van der Waals surface area contributed by atoms with Crippen molar-refractivity contribution in [2.24, 2.45) is 0 Å². The van der Waals surface area contributed by atoms with E-state index in [0.717, 1.165) is 4.47 Å². The largest absolute Gasteiger partial charge is 0.507 e. The number of aromatic amines is 1. The van der Waals surface area contributed by atoms with E-state index in [-0.39, 0.29) is 5.75 Å². The third kappa shape index (κ3) is 1.84. The van der Waals surface area contributed by atoms with Crippen molar-refractivity contribution in [1.29, 1.82) is 0 Å². The molecule has 0 spiro atoms. The molecular weight excluding hydrogens is 286 g/mol. The average Bonchev–Trinajstić information content (AvgIpc) is 2.71. The Hall–Kier alpha value is -1.69. The molecule has 1 heterocycles. The van der Waals surface area contributed by atoms with Crippen LogP contribution < -0.4 is 10.5 Å². The summed E-state index contributed by atoms with van der Waals surface area (Å²) in [4.78, 5) is 0. The van der Waals surface area contributed by atoms with Gasteiger partial charge in [0.15, 0.2) is 0 Å². The summed E-state index contributed by atoms with van der Waals surface area (Å²) in [5.41, 5.74) is 7.66. The molecule has 1 aromatic carbocycles. The van der Waals surface area contributed by atoms with Gasteiger partial charge in [-0.1, -0.05) is 0 Å². The smallest absolute Gasteiger partial charge is 0.139 e. The second-order valence-corrected chi connectivity index (χ2v) is 4.46. The Morgan fingerprint density at radius 2 is 2.18 bits per heavy atom. The Kier molecular flexibility index (Phi) is 2.97. The van der Waals surface area contributed by atoms with Gasteiger partial charge in [0.05, 0.1) is 17.8 Å². The molecule has 0 amide bonds. The van der Waals surface area contributed by atoms with Crippen LogP contribution in [0.3, 0.4) is 0 Å². The first kappa shape index (κ1) is 11.8. The van der Waals surface area contributed by atoms with Crippen LogP contribution >= 0.6 is 15.9 Å². The minimum atomic E-state index is 0.137. The van der Waals surface area contributed by atoms with Crippen LogP contribution in [-0.2, 0) is 0 Å². The molecule has 0 aliphatic heterocycles. The molecule has 0 saturated heterocycles. The Balaban J connectivity index is 2.69. The monoisotopic (exact) mass is 297 g/mol. The summed E-state index contributed by atoms with van der Waals surface area (Å²) >= 11 is 3.39. The van der Waals surface area contributed by atoms with Crippen LogP contribution in [0, 0.1) is 6.92 Å². The number of methoxy groups -OCH3 is 1. The number of nitrogens with one attached hydrogen (secondary N) is 1. The number of phenols is 1. The maximum Gasteiger partial charge on any atom is 0.139 e. The van der Waals surface area contributed by atoms with Crippen molar-refractivity contribution in [2.75, 3.05) is 12.8 Å². The lowest BCUT2D eigenvalue weighted by Gasteiger charge is -2.12. The van der Waals surface area contributed by atoms with Gasteiger partial charge in [0.25, 0.3) is 0 Å². The van der Waals surface area contributed by atoms with Gasteiger partial charge < -0.3 is 15.6 Å². The van der Waals surface area contributed by atoms with Gasteiger partial charge in [-0.25, -0.2) is 0 Å². The van der Waals surface area contributed by atoms with Crippen LogP contribution in [0.15, 0.2) is 16.7 Å². The van der Waals surface area contributed by atoms with E-state index in [2.05, 4.69) is 26.1 Å². The molecule has 0 radical (unpaired) electrons. The van der Waals surface area contributed by atoms with E-state index in [4.69, 9.17) is 10.5 Å². The van der Waals surface area contributed by atoms with Gasteiger partial charge >= 0.3 is 0 Å². The number of anilines is 1. The number of nitrogens with zero attached hydrogens (tertiary/aromatic N) is 1. The zero-order valence-electron chi connectivity index (χ0n) is 9.41. The van der Waals surface area contributed by atoms with E-state index in [9.17, 15) is 5.11 Å². The van der Waals surface area contributed by atoms with Gasteiger partial charge in [0.2, 0.25) is 0 Å². The Morgan fingerprint density at radius 1 is 1.47 bits per heavy atom. The average molecular weight is 298 g/mol. The first-order valence-electron chi connectivity index (χ1n) is 4.91. The van der Waals surface area contributed by atoms with Crippen LogP contribution in [0.25, 0.3) is 11.1 Å². The minimum Gasteiger partial charge on any atom is -0.507 e. The first-order chi connectivity index (χ1) is 8.06. The Bertz CT molecular complexity index is 566. The van der Waals surface area contributed by atoms with Gasteiger partial charge in [-0.05, 0) is 28.9 Å². The zero-order valence-corrected chi connectivity index (χ0v) is 11.0. The molecule has 90 valence electrons. The third-order valence-corrected chi connectivity index (χ3v) is 3.19. The van der Waals surface area contributed by atoms with Crippen molar-refractivity contribution in [3.63, 3.8) is 0 Å². The summed E-state index contributed by atoms with van der Waals surface area (Å²) in [5, 5.41) is 16.6. The summed E-state index contributed by atoms with van der Waals surface area (Å²) in [5.74, 6) is 1.16. The molecule has 0 saturated carbocycles. The molecular formula is C11H12BrN3O2. The van der Waals surface area contributed by atoms with Crippen LogP contribution in [0.2, 0.25) is 0 Å². The standard InChI is InChI=1S/C11H12BrN3O2/c1-5-9(16)6(3-8(12)10(5)17-2)7-4-14-15-11(7)13/h3-4,16H,1-2H3,(H3,13,14,15). The predicted octanol–water partition coefficient (Wildman–Crippen LogP) is 2.44. The van der Waals surface area contributed by atoms with Crippen molar-refractivity contribution in [1.82, 2.24) is 10.2 Å². The molecule has 0 aliphatic carbocycles. The van der Waals surface area contributed by atoms with Gasteiger partial charge in [0.1, 0.15) is 17.3 Å². The molecule has 2 aromatic rings. The number of halogens is 1. The lowest BCUT2D eigenvalue weighted by Crippen LogP contribution is -1.93. The number of hydrogen-bond acceptors (Lipinski definition) is 4. The molecule has 0 bridgehead atoms. The molecule has 4 N–H and O–H groups in total. The number of nitrogen functional groups attached to an aromatic ring is 1. The maximum absolute atomic E-state index is 10.1. The van der Waals surface area contributed by atoms with Crippen molar-refractivity contribution < 1.29 is 9.84 Å². The third-order valence-electron chi connectivity index (χ3n) is 2.60. The Morgan fingerprint density at radius 3 is 2.71 bits per heavy atom. The molecule has 5 nitrogen and oxygen atoms in total. The van der Waals surface area contributed by atoms with E-state index in [1.54, 1.807) is 26.3 Å². The highest BCUT2D eigenvalue weighted by Gasteiger charge is 2.17. The van der Waals surface area contributed by atoms with Gasteiger partial charge in [-0.3, -0.25) is 5.10 Å². The maximum atomic E-state index is 10.1. The normalized spacial score (nSPS) is 10.5. The summed E-state index contributed by atoms with van der Waals surface area (Å²) in [6.07, 6.45) is 1.57. The van der Waals surface area contributed by atoms with Crippen molar-refractivity contribution in [3.8, 4) is 22.6 Å². The topological polar surface area (TPSA) is 84.2 Å². The zero-order chi connectivity index (χ0) is 12.6. The SMILES string of the molecule is COc1c(Br)cc(-c2cn[nH]c2N)c(O)c1C. The highest BCUT2D eigenvalue weighted by molar-refractivity contribution is 9.10. The van der Waals surface area contributed by atoms with Crippen LogP contribution in [-0.4, -0.2) is 22.4 Å². The number of aromatic nitrogens is 2. The van der Waals surface area contributed by atoms with E-state index >= 15 is 0 Å². The van der Waals surface area contributed by atoms with Gasteiger partial charge in [-0.15, -0.1) is 0 Å². The summed E-state index contributed by atoms with van der Waals surface area (Å²) in [7, 11) is 1.55. The van der Waals surface area contributed by atoms with E-state index in [1.165, 1.54) is 0 Å². The van der Waals surface area contributed by atoms with E-state index in [1.807, 2.05) is 0 Å². The second-order valence-electron chi connectivity index (χ2n) is 3.61. The van der Waals surface area contributed by atoms with Crippen molar-refractivity contribution in [3.05, 3.63) is 22.3 Å². The number of aromatic hydroxyl groups is 1. The highest BCUT2D eigenvalue weighted by atomic mass is 79.9. The lowest BCUT2D eigenvalue weighted by molar-refractivity contribution is 0.400. The fraction of sp³-hybridized carbons (Fsp3) is 0.182. The molecule has 0 aliphatic rings. The van der Waals surface area contributed by atoms with Gasteiger partial charge in [-0.2, -0.15) is 5.10 Å². The summed E-state index contributed by atoms with van der Waals surface area (Å²) in [6, 6.07) is 1.75. The van der Waals surface area contributed by atoms with E-state index < -0.39 is 0 Å². The molecule has 6 heteroatoms. The number of rotatable bonds is 2. The number of benzene rings is 1. The van der Waals surface area contributed by atoms with Crippen LogP contribution in [0.1, 0.15) is 5.56 Å².